The van der Waals surface area contributed by atoms with E-state index in [-0.39, 0.29) is 17.9 Å². The maximum absolute atomic E-state index is 12.9. The van der Waals surface area contributed by atoms with Gasteiger partial charge in [-0.25, -0.2) is 0 Å². The third-order valence-corrected chi connectivity index (χ3v) is 4.87. The first-order chi connectivity index (χ1) is 15.5. The summed E-state index contributed by atoms with van der Waals surface area (Å²) in [6.45, 7) is 6.62. The van der Waals surface area contributed by atoms with E-state index in [4.69, 9.17) is 9.47 Å². The van der Waals surface area contributed by atoms with Crippen LogP contribution in [0.25, 0.3) is 0 Å². The van der Waals surface area contributed by atoms with Crippen LogP contribution < -0.4 is 20.1 Å². The SMILES string of the molecule is CCOc1ccc(C(=O)Nc2ccccc2C(=O)N[C@H](C)c2ccccc2)cc1OCC. The number of carbonyl (C=O) groups excluding carboxylic acids is 2. The number of hydrogen-bond acceptors (Lipinski definition) is 4. The summed E-state index contributed by atoms with van der Waals surface area (Å²) in [6.07, 6.45) is 0. The minimum absolute atomic E-state index is 0.174. The molecule has 6 heteroatoms. The number of nitrogens with one attached hydrogen (secondary N) is 2. The van der Waals surface area contributed by atoms with Crippen LogP contribution in [-0.2, 0) is 0 Å². The van der Waals surface area contributed by atoms with Crippen molar-refractivity contribution >= 4 is 17.5 Å². The zero-order chi connectivity index (χ0) is 22.9. The Morgan fingerprint density at radius 2 is 1.47 bits per heavy atom. The van der Waals surface area contributed by atoms with E-state index in [1.807, 2.05) is 51.1 Å². The van der Waals surface area contributed by atoms with Crippen LogP contribution in [0, 0.1) is 0 Å². The van der Waals surface area contributed by atoms with Crippen LogP contribution in [0.1, 0.15) is 53.1 Å². The Morgan fingerprint density at radius 3 is 2.19 bits per heavy atom. The Balaban J connectivity index is 1.78. The molecule has 0 saturated heterocycles. The van der Waals surface area contributed by atoms with Crippen LogP contribution in [0.2, 0.25) is 0 Å². The van der Waals surface area contributed by atoms with Crippen LogP contribution in [0.15, 0.2) is 72.8 Å². The van der Waals surface area contributed by atoms with Crippen LogP contribution in [0.3, 0.4) is 0 Å². The molecule has 0 radical (unpaired) electrons. The molecule has 3 aromatic carbocycles. The quantitative estimate of drug-likeness (QED) is 0.486. The Labute approximate surface area is 188 Å². The van der Waals surface area contributed by atoms with Gasteiger partial charge in [0.05, 0.1) is 30.5 Å². The number of hydrogen-bond donors (Lipinski definition) is 2. The molecule has 0 unspecified atom stereocenters. The molecule has 1 atom stereocenters. The molecule has 0 aliphatic heterocycles. The van der Waals surface area contributed by atoms with Gasteiger partial charge < -0.3 is 20.1 Å². The van der Waals surface area contributed by atoms with Gasteiger partial charge in [0.1, 0.15) is 0 Å². The van der Waals surface area contributed by atoms with Gasteiger partial charge in [-0.2, -0.15) is 0 Å². The van der Waals surface area contributed by atoms with E-state index in [2.05, 4.69) is 10.6 Å². The maximum atomic E-state index is 12.9. The number of carbonyl (C=O) groups is 2. The highest BCUT2D eigenvalue weighted by Crippen LogP contribution is 2.29. The standard InChI is InChI=1S/C26H28N2O4/c1-4-31-23-16-15-20(17-24(23)32-5-2)25(29)28-22-14-10-9-13-21(22)26(30)27-18(3)19-11-7-6-8-12-19/h6-18H,4-5H2,1-3H3,(H,27,30)(H,28,29)/t18-/m1/s1. The lowest BCUT2D eigenvalue weighted by Crippen LogP contribution is -2.28. The van der Waals surface area contributed by atoms with E-state index in [1.54, 1.807) is 42.5 Å². The fourth-order valence-electron chi connectivity index (χ4n) is 3.28. The second kappa shape index (κ2) is 11.0. The Morgan fingerprint density at radius 1 is 0.812 bits per heavy atom. The normalized spacial score (nSPS) is 11.3. The molecule has 6 nitrogen and oxygen atoms in total. The molecule has 0 bridgehead atoms. The molecule has 2 N–H and O–H groups in total. The zero-order valence-corrected chi connectivity index (χ0v) is 18.6. The van der Waals surface area contributed by atoms with Crippen LogP contribution in [-0.4, -0.2) is 25.0 Å². The van der Waals surface area contributed by atoms with Crippen molar-refractivity contribution in [3.63, 3.8) is 0 Å². The predicted octanol–water partition coefficient (Wildman–Crippen LogP) is 5.23. The molecule has 32 heavy (non-hydrogen) atoms. The molecule has 2 amide bonds. The van der Waals surface area contributed by atoms with E-state index in [0.29, 0.717) is 41.5 Å². The number of anilines is 1. The largest absolute Gasteiger partial charge is 0.490 e. The van der Waals surface area contributed by atoms with Crippen molar-refractivity contribution in [1.29, 1.82) is 0 Å². The van der Waals surface area contributed by atoms with Gasteiger partial charge in [-0.15, -0.1) is 0 Å². The number of rotatable bonds is 9. The average Bonchev–Trinajstić information content (AvgIpc) is 2.81. The molecular weight excluding hydrogens is 404 g/mol. The lowest BCUT2D eigenvalue weighted by molar-refractivity contribution is 0.0940. The second-order valence-corrected chi connectivity index (χ2v) is 7.13. The number of para-hydroxylation sites is 1. The molecule has 0 aliphatic carbocycles. The minimum atomic E-state index is -0.342. The highest BCUT2D eigenvalue weighted by atomic mass is 16.5. The van der Waals surface area contributed by atoms with Gasteiger partial charge in [0.2, 0.25) is 0 Å². The van der Waals surface area contributed by atoms with Gasteiger partial charge in [0, 0.05) is 5.56 Å². The molecule has 166 valence electrons. The van der Waals surface area contributed by atoms with Gasteiger partial charge in [0.15, 0.2) is 11.5 Å². The fraction of sp³-hybridized carbons (Fsp3) is 0.231. The lowest BCUT2D eigenvalue weighted by atomic mass is 10.1. The fourth-order valence-corrected chi connectivity index (χ4v) is 3.28. The summed E-state index contributed by atoms with van der Waals surface area (Å²) in [5.41, 5.74) is 2.23. The van der Waals surface area contributed by atoms with E-state index < -0.39 is 0 Å². The summed E-state index contributed by atoms with van der Waals surface area (Å²) in [5, 5.41) is 5.83. The van der Waals surface area contributed by atoms with Gasteiger partial charge >= 0.3 is 0 Å². The molecule has 0 aliphatic rings. The third kappa shape index (κ3) is 5.66. The summed E-state index contributed by atoms with van der Waals surface area (Å²) in [7, 11) is 0. The smallest absolute Gasteiger partial charge is 0.255 e. The average molecular weight is 433 g/mol. The third-order valence-electron chi connectivity index (χ3n) is 4.87. The van der Waals surface area contributed by atoms with Crippen molar-refractivity contribution in [3.8, 4) is 11.5 Å². The predicted molar refractivity (Wildman–Crippen MR) is 125 cm³/mol. The molecule has 0 fully saturated rings. The van der Waals surface area contributed by atoms with Crippen LogP contribution in [0.4, 0.5) is 5.69 Å². The van der Waals surface area contributed by atoms with Crippen LogP contribution >= 0.6 is 0 Å². The Bertz CT molecular complexity index is 1070. The molecule has 3 aromatic rings. The van der Waals surface area contributed by atoms with Gasteiger partial charge in [-0.1, -0.05) is 42.5 Å². The topological polar surface area (TPSA) is 76.7 Å². The van der Waals surface area contributed by atoms with Crippen molar-refractivity contribution in [3.05, 3.63) is 89.5 Å². The lowest BCUT2D eigenvalue weighted by Gasteiger charge is -2.17. The van der Waals surface area contributed by atoms with Crippen molar-refractivity contribution in [1.82, 2.24) is 5.32 Å². The summed E-state index contributed by atoms with van der Waals surface area (Å²) in [5.74, 6) is 0.481. The number of amides is 2. The van der Waals surface area contributed by atoms with Gasteiger partial charge in [-0.3, -0.25) is 9.59 Å². The number of benzene rings is 3. The maximum Gasteiger partial charge on any atom is 0.255 e. The second-order valence-electron chi connectivity index (χ2n) is 7.13. The molecule has 3 rings (SSSR count). The van der Waals surface area contributed by atoms with E-state index in [1.165, 1.54) is 0 Å². The summed E-state index contributed by atoms with van der Waals surface area (Å²) >= 11 is 0. The first-order valence-electron chi connectivity index (χ1n) is 10.7. The summed E-state index contributed by atoms with van der Waals surface area (Å²) in [6, 6.07) is 21.5. The van der Waals surface area contributed by atoms with E-state index in [9.17, 15) is 9.59 Å². The van der Waals surface area contributed by atoms with Gasteiger partial charge in [0.25, 0.3) is 11.8 Å². The molecule has 0 spiro atoms. The van der Waals surface area contributed by atoms with Crippen molar-refractivity contribution in [2.75, 3.05) is 18.5 Å². The van der Waals surface area contributed by atoms with Crippen molar-refractivity contribution in [2.45, 2.75) is 26.8 Å². The van der Waals surface area contributed by atoms with Crippen molar-refractivity contribution in [2.24, 2.45) is 0 Å². The molecule has 0 saturated carbocycles. The van der Waals surface area contributed by atoms with Crippen molar-refractivity contribution < 1.29 is 19.1 Å². The summed E-state index contributed by atoms with van der Waals surface area (Å²) < 4.78 is 11.2. The van der Waals surface area contributed by atoms with Crippen LogP contribution in [0.5, 0.6) is 11.5 Å². The van der Waals surface area contributed by atoms with E-state index >= 15 is 0 Å². The first kappa shape index (κ1) is 22.9. The van der Waals surface area contributed by atoms with Gasteiger partial charge in [-0.05, 0) is 56.7 Å². The Hall–Kier alpha value is -3.80. The summed E-state index contributed by atoms with van der Waals surface area (Å²) in [4.78, 5) is 25.8. The monoisotopic (exact) mass is 432 g/mol. The Kier molecular flexibility index (Phi) is 7.86. The zero-order valence-electron chi connectivity index (χ0n) is 18.6. The minimum Gasteiger partial charge on any atom is -0.490 e. The molecular formula is C26H28N2O4. The highest BCUT2D eigenvalue weighted by Gasteiger charge is 2.17. The highest BCUT2D eigenvalue weighted by molar-refractivity contribution is 6.09. The molecule has 0 heterocycles. The number of ether oxygens (including phenoxy) is 2. The molecule has 0 aromatic heterocycles. The van der Waals surface area contributed by atoms with E-state index in [0.717, 1.165) is 5.56 Å². The first-order valence-corrected chi connectivity index (χ1v) is 10.7.